The molecule has 0 aliphatic carbocycles. The van der Waals surface area contributed by atoms with Gasteiger partial charge in [0.05, 0.1) is 13.7 Å². The number of benzene rings is 1. The fraction of sp³-hybridized carbons (Fsp3) is 0.500. The topological polar surface area (TPSA) is 41.6 Å². The summed E-state index contributed by atoms with van der Waals surface area (Å²) < 4.78 is 18.7. The van der Waals surface area contributed by atoms with E-state index in [9.17, 15) is 9.18 Å². The smallest absolute Gasteiger partial charge is 0.236 e. The number of amides is 1. The molecule has 1 aromatic carbocycles. The Labute approximate surface area is 113 Å². The summed E-state index contributed by atoms with van der Waals surface area (Å²) in [5.41, 5.74) is 0.492. The zero-order valence-corrected chi connectivity index (χ0v) is 11.7. The Bertz CT molecular complexity index is 420. The van der Waals surface area contributed by atoms with E-state index in [-0.39, 0.29) is 24.0 Å². The van der Waals surface area contributed by atoms with Crippen molar-refractivity contribution in [1.29, 1.82) is 0 Å². The van der Waals surface area contributed by atoms with Crippen molar-refractivity contribution in [3.05, 3.63) is 29.6 Å². The van der Waals surface area contributed by atoms with Gasteiger partial charge in [0, 0.05) is 25.2 Å². The summed E-state index contributed by atoms with van der Waals surface area (Å²) in [5, 5.41) is 2.96. The Morgan fingerprint density at radius 2 is 2.05 bits per heavy atom. The number of hydrogen-bond donors (Lipinski definition) is 1. The Hall–Kier alpha value is -1.62. The van der Waals surface area contributed by atoms with Crippen LogP contribution < -0.4 is 10.1 Å². The molecule has 19 heavy (non-hydrogen) atoms. The maximum absolute atomic E-state index is 13.8. The van der Waals surface area contributed by atoms with Gasteiger partial charge in [0.1, 0.15) is 0 Å². The highest BCUT2D eigenvalue weighted by Crippen LogP contribution is 2.19. The van der Waals surface area contributed by atoms with E-state index in [2.05, 4.69) is 5.32 Å². The van der Waals surface area contributed by atoms with Gasteiger partial charge in [-0.15, -0.1) is 0 Å². The second kappa shape index (κ2) is 7.74. The highest BCUT2D eigenvalue weighted by atomic mass is 19.1. The van der Waals surface area contributed by atoms with E-state index in [1.54, 1.807) is 23.1 Å². The van der Waals surface area contributed by atoms with Gasteiger partial charge in [-0.3, -0.25) is 4.79 Å². The van der Waals surface area contributed by atoms with Crippen LogP contribution in [0.5, 0.6) is 5.75 Å². The summed E-state index contributed by atoms with van der Waals surface area (Å²) in [6, 6.07) is 4.97. The molecule has 4 nitrogen and oxygen atoms in total. The first kappa shape index (κ1) is 15.4. The number of ether oxygens (including phenoxy) is 1. The standard InChI is InChI=1S/C14H21FN2O2/c1-4-17(5-2)13(18)10-16-9-11-7-6-8-12(19-3)14(11)15/h6-8,16H,4-5,9-10H2,1-3H3. The molecular weight excluding hydrogens is 247 g/mol. The molecule has 0 aromatic heterocycles. The zero-order chi connectivity index (χ0) is 14.3. The number of carbonyl (C=O) groups excluding carboxylic acids is 1. The number of carbonyl (C=O) groups is 1. The molecule has 1 aromatic rings. The highest BCUT2D eigenvalue weighted by Gasteiger charge is 2.11. The molecule has 0 bridgehead atoms. The van der Waals surface area contributed by atoms with Gasteiger partial charge in [-0.1, -0.05) is 12.1 Å². The molecule has 0 heterocycles. The van der Waals surface area contributed by atoms with E-state index in [4.69, 9.17) is 4.74 Å². The monoisotopic (exact) mass is 268 g/mol. The van der Waals surface area contributed by atoms with Crippen LogP contribution in [0.2, 0.25) is 0 Å². The maximum Gasteiger partial charge on any atom is 0.236 e. The van der Waals surface area contributed by atoms with Crippen molar-refractivity contribution in [3.8, 4) is 5.75 Å². The minimum absolute atomic E-state index is 0.0216. The van der Waals surface area contributed by atoms with Crippen LogP contribution in [0.15, 0.2) is 18.2 Å². The van der Waals surface area contributed by atoms with Gasteiger partial charge in [0.25, 0.3) is 0 Å². The quantitative estimate of drug-likeness (QED) is 0.820. The zero-order valence-electron chi connectivity index (χ0n) is 11.7. The fourth-order valence-corrected chi connectivity index (χ4v) is 1.84. The molecule has 0 atom stereocenters. The van der Waals surface area contributed by atoms with Crippen LogP contribution in [-0.4, -0.2) is 37.6 Å². The molecule has 106 valence electrons. The van der Waals surface area contributed by atoms with Crippen molar-refractivity contribution >= 4 is 5.91 Å². The number of rotatable bonds is 7. The third kappa shape index (κ3) is 4.21. The van der Waals surface area contributed by atoms with Crippen molar-refractivity contribution in [1.82, 2.24) is 10.2 Å². The largest absolute Gasteiger partial charge is 0.494 e. The molecule has 1 rings (SSSR count). The van der Waals surface area contributed by atoms with E-state index in [1.165, 1.54) is 7.11 Å². The molecule has 0 saturated heterocycles. The number of nitrogens with one attached hydrogen (secondary N) is 1. The number of hydrogen-bond acceptors (Lipinski definition) is 3. The molecule has 0 spiro atoms. The summed E-state index contributed by atoms with van der Waals surface area (Å²) in [6.45, 7) is 5.75. The lowest BCUT2D eigenvalue weighted by atomic mass is 10.2. The minimum Gasteiger partial charge on any atom is -0.494 e. The average Bonchev–Trinajstić information content (AvgIpc) is 2.42. The lowest BCUT2D eigenvalue weighted by molar-refractivity contribution is -0.129. The van der Waals surface area contributed by atoms with Crippen molar-refractivity contribution < 1.29 is 13.9 Å². The molecule has 0 radical (unpaired) electrons. The Kier molecular flexibility index (Phi) is 6.29. The molecule has 0 unspecified atom stereocenters. The predicted molar refractivity (Wildman–Crippen MR) is 72.6 cm³/mol. The number of nitrogens with zero attached hydrogens (tertiary/aromatic N) is 1. The van der Waals surface area contributed by atoms with Gasteiger partial charge >= 0.3 is 0 Å². The molecule has 0 aliphatic rings. The normalized spacial score (nSPS) is 10.3. The molecule has 0 saturated carbocycles. The van der Waals surface area contributed by atoms with Gasteiger partial charge in [0.15, 0.2) is 11.6 Å². The molecule has 0 aliphatic heterocycles. The number of likely N-dealkylation sites (N-methyl/N-ethyl adjacent to an activating group) is 1. The van der Waals surface area contributed by atoms with E-state index in [0.29, 0.717) is 25.2 Å². The second-order valence-electron chi connectivity index (χ2n) is 4.10. The average molecular weight is 268 g/mol. The molecular formula is C14H21FN2O2. The third-order valence-electron chi connectivity index (χ3n) is 2.97. The Balaban J connectivity index is 2.52. The minimum atomic E-state index is -0.382. The van der Waals surface area contributed by atoms with Gasteiger partial charge in [-0.25, -0.2) is 4.39 Å². The maximum atomic E-state index is 13.8. The highest BCUT2D eigenvalue weighted by molar-refractivity contribution is 5.78. The summed E-state index contributed by atoms with van der Waals surface area (Å²) in [4.78, 5) is 13.5. The lowest BCUT2D eigenvalue weighted by Crippen LogP contribution is -2.37. The first-order chi connectivity index (χ1) is 9.13. The van der Waals surface area contributed by atoms with Crippen LogP contribution in [0, 0.1) is 5.82 Å². The number of halogens is 1. The van der Waals surface area contributed by atoms with E-state index < -0.39 is 0 Å². The second-order valence-corrected chi connectivity index (χ2v) is 4.10. The van der Waals surface area contributed by atoms with Gasteiger partial charge in [-0.05, 0) is 19.9 Å². The van der Waals surface area contributed by atoms with Crippen LogP contribution >= 0.6 is 0 Å². The van der Waals surface area contributed by atoms with Gasteiger partial charge in [-0.2, -0.15) is 0 Å². The van der Waals surface area contributed by atoms with Crippen LogP contribution in [0.1, 0.15) is 19.4 Å². The first-order valence-corrected chi connectivity index (χ1v) is 6.43. The van der Waals surface area contributed by atoms with Gasteiger partial charge in [0.2, 0.25) is 5.91 Å². The van der Waals surface area contributed by atoms with Crippen LogP contribution in [0.3, 0.4) is 0 Å². The predicted octanol–water partition coefficient (Wildman–Crippen LogP) is 1.79. The van der Waals surface area contributed by atoms with Crippen molar-refractivity contribution in [2.24, 2.45) is 0 Å². The van der Waals surface area contributed by atoms with E-state index in [0.717, 1.165) is 0 Å². The summed E-state index contributed by atoms with van der Waals surface area (Å²) >= 11 is 0. The van der Waals surface area contributed by atoms with E-state index in [1.807, 2.05) is 13.8 Å². The summed E-state index contributed by atoms with van der Waals surface area (Å²) in [5.74, 6) is -0.143. The third-order valence-corrected chi connectivity index (χ3v) is 2.97. The van der Waals surface area contributed by atoms with Crippen molar-refractivity contribution in [2.75, 3.05) is 26.7 Å². The van der Waals surface area contributed by atoms with Crippen molar-refractivity contribution in [2.45, 2.75) is 20.4 Å². The SMILES string of the molecule is CCN(CC)C(=O)CNCc1cccc(OC)c1F. The van der Waals surface area contributed by atoms with E-state index >= 15 is 0 Å². The van der Waals surface area contributed by atoms with Crippen molar-refractivity contribution in [3.63, 3.8) is 0 Å². The van der Waals surface area contributed by atoms with Gasteiger partial charge < -0.3 is 15.0 Å². The fourth-order valence-electron chi connectivity index (χ4n) is 1.84. The Morgan fingerprint density at radius 3 is 2.63 bits per heavy atom. The lowest BCUT2D eigenvalue weighted by Gasteiger charge is -2.18. The Morgan fingerprint density at radius 1 is 1.37 bits per heavy atom. The first-order valence-electron chi connectivity index (χ1n) is 6.43. The van der Waals surface area contributed by atoms with Crippen LogP contribution in [0.25, 0.3) is 0 Å². The molecule has 0 fully saturated rings. The molecule has 1 N–H and O–H groups in total. The molecule has 5 heteroatoms. The summed E-state index contributed by atoms with van der Waals surface area (Å²) in [6.07, 6.45) is 0. The van der Waals surface area contributed by atoms with Crippen LogP contribution in [0.4, 0.5) is 4.39 Å². The number of methoxy groups -OCH3 is 1. The molecule has 1 amide bonds. The van der Waals surface area contributed by atoms with Crippen LogP contribution in [-0.2, 0) is 11.3 Å². The summed E-state index contributed by atoms with van der Waals surface area (Å²) in [7, 11) is 1.43.